The molecule has 1 atom stereocenters. The van der Waals surface area contributed by atoms with Crippen molar-refractivity contribution in [2.75, 3.05) is 13.2 Å². The van der Waals surface area contributed by atoms with Gasteiger partial charge in [0.25, 0.3) is 0 Å². The first-order chi connectivity index (χ1) is 13.6. The van der Waals surface area contributed by atoms with Gasteiger partial charge in [0.15, 0.2) is 8.32 Å². The van der Waals surface area contributed by atoms with E-state index in [1.807, 2.05) is 13.1 Å². The topological polar surface area (TPSA) is 88.0 Å². The first kappa shape index (κ1) is 26.4. The first-order valence-corrected chi connectivity index (χ1v) is 13.3. The van der Waals surface area contributed by atoms with Crippen molar-refractivity contribution in [2.45, 2.75) is 83.7 Å². The second-order valence-electron chi connectivity index (χ2n) is 9.89. The third-order valence-electron chi connectivity index (χ3n) is 5.23. The van der Waals surface area contributed by atoms with Crippen LogP contribution < -0.4 is 10.1 Å². The Morgan fingerprint density at radius 1 is 1.23 bits per heavy atom. The third-order valence-corrected chi connectivity index (χ3v) is 8.79. The highest BCUT2D eigenvalue weighted by Gasteiger charge is 2.37. The van der Waals surface area contributed by atoms with Crippen molar-refractivity contribution in [1.29, 1.82) is 0 Å². The largest absolute Gasteiger partial charge is 0.493 e. The van der Waals surface area contributed by atoms with Gasteiger partial charge in [0.2, 0.25) is 0 Å². The molecule has 0 aliphatic rings. The Balaban J connectivity index is 2.61. The molecule has 6 nitrogen and oxygen atoms in total. The number of aliphatic hydroxyl groups excluding tert-OH is 1. The van der Waals surface area contributed by atoms with Crippen molar-refractivity contribution < 1.29 is 28.6 Å². The van der Waals surface area contributed by atoms with E-state index < -0.39 is 31.9 Å². The highest BCUT2D eigenvalue weighted by atomic mass is 28.4. The molecule has 0 unspecified atom stereocenters. The maximum Gasteiger partial charge on any atom is 0.407 e. The number of carbonyl (C=O) groups excluding carboxylic acids is 1. The van der Waals surface area contributed by atoms with Gasteiger partial charge in [-0.2, -0.15) is 0 Å². The average molecular weight is 444 g/mol. The molecule has 0 fully saturated rings. The lowest BCUT2D eigenvalue weighted by Crippen LogP contribution is -2.39. The Bertz CT molecular complexity index is 698. The van der Waals surface area contributed by atoms with E-state index in [0.29, 0.717) is 17.9 Å². The summed E-state index contributed by atoms with van der Waals surface area (Å²) in [6, 6.07) is 4.20. The highest BCUT2D eigenvalue weighted by molar-refractivity contribution is 6.72. The van der Waals surface area contributed by atoms with E-state index in [-0.39, 0.29) is 18.0 Å². The quantitative estimate of drug-likeness (QED) is 0.369. The second kappa shape index (κ2) is 10.6. The molecule has 30 heavy (non-hydrogen) atoms. The van der Waals surface area contributed by atoms with Crippen LogP contribution in [0, 0.1) is 5.82 Å². The summed E-state index contributed by atoms with van der Waals surface area (Å²) in [4.78, 5) is 22.1. The summed E-state index contributed by atoms with van der Waals surface area (Å²) in [5, 5.41) is 12.6. The van der Waals surface area contributed by atoms with Gasteiger partial charge in [0.1, 0.15) is 17.2 Å². The monoisotopic (exact) mass is 443 g/mol. The van der Waals surface area contributed by atoms with E-state index in [1.165, 1.54) is 12.1 Å². The molecule has 3 N–H and O–H groups in total. The van der Waals surface area contributed by atoms with E-state index in [2.05, 4.69) is 19.2 Å². The molecular weight excluding hydrogens is 405 g/mol. The van der Waals surface area contributed by atoms with E-state index in [9.17, 15) is 19.1 Å². The predicted molar refractivity (Wildman–Crippen MR) is 119 cm³/mol. The number of alkyl carbamates (subject to hydrolysis) is 1. The average Bonchev–Trinajstić information content (AvgIpc) is 2.56. The molecule has 1 amide bonds. The minimum atomic E-state index is -2.28. The number of hydrogen-bond acceptors (Lipinski definition) is 5. The fraction of sp³-hybridized carbons (Fsp3) is 0.682. The molecule has 8 heteroatoms. The molecule has 1 aromatic carbocycles. The number of nitrogens with one attached hydrogen (secondary N) is 1. The summed E-state index contributed by atoms with van der Waals surface area (Å²) in [6.07, 6.45) is 0.256. The number of ether oxygens (including phenoxy) is 2. The molecule has 0 aromatic heterocycles. The zero-order valence-electron chi connectivity index (χ0n) is 19.3. The van der Waals surface area contributed by atoms with Gasteiger partial charge in [0.05, 0.1) is 12.7 Å². The lowest BCUT2D eigenvalue weighted by molar-refractivity contribution is 0.0492. The van der Waals surface area contributed by atoms with E-state index in [4.69, 9.17) is 9.47 Å². The first-order valence-electron chi connectivity index (χ1n) is 10.4. The van der Waals surface area contributed by atoms with Gasteiger partial charge in [-0.05, 0) is 63.4 Å². The fourth-order valence-electron chi connectivity index (χ4n) is 2.67. The van der Waals surface area contributed by atoms with Crippen molar-refractivity contribution in [3.05, 3.63) is 29.6 Å². The summed E-state index contributed by atoms with van der Waals surface area (Å²) < 4.78 is 24.6. The van der Waals surface area contributed by atoms with Gasteiger partial charge in [-0.1, -0.05) is 19.9 Å². The highest BCUT2D eigenvalue weighted by Crippen LogP contribution is 2.39. The van der Waals surface area contributed by atoms with Crippen molar-refractivity contribution in [2.24, 2.45) is 0 Å². The maximum atomic E-state index is 13.7. The molecule has 172 valence electrons. The number of halogens is 1. The molecule has 0 aliphatic heterocycles. The fourth-order valence-corrected chi connectivity index (χ4v) is 3.46. The molecule has 1 rings (SSSR count). The van der Waals surface area contributed by atoms with Gasteiger partial charge in [-0.25, -0.2) is 9.18 Å². The van der Waals surface area contributed by atoms with Crippen LogP contribution in [0.15, 0.2) is 18.2 Å². The summed E-state index contributed by atoms with van der Waals surface area (Å²) in [7, 11) is -2.28. The Morgan fingerprint density at radius 3 is 2.43 bits per heavy atom. The van der Waals surface area contributed by atoms with Gasteiger partial charge < -0.3 is 24.7 Å². The van der Waals surface area contributed by atoms with Crippen LogP contribution in [-0.4, -0.2) is 49.2 Å². The zero-order valence-corrected chi connectivity index (χ0v) is 20.3. The lowest BCUT2D eigenvalue weighted by Gasteiger charge is -2.35. The normalized spacial score (nSPS) is 13.7. The van der Waals surface area contributed by atoms with Crippen molar-refractivity contribution in [1.82, 2.24) is 5.32 Å². The molecule has 0 saturated carbocycles. The Labute approximate surface area is 180 Å². The minimum absolute atomic E-state index is 0.0100. The Hall–Kier alpha value is -1.64. The van der Waals surface area contributed by atoms with E-state index in [0.717, 1.165) is 12.8 Å². The van der Waals surface area contributed by atoms with Gasteiger partial charge in [0, 0.05) is 19.0 Å². The maximum absolute atomic E-state index is 13.7. The summed E-state index contributed by atoms with van der Waals surface area (Å²) in [5.41, 5.74) is 0.0426. The van der Waals surface area contributed by atoms with Gasteiger partial charge in [-0.15, -0.1) is 0 Å². The van der Waals surface area contributed by atoms with Crippen LogP contribution in [-0.2, 0) is 11.2 Å². The summed E-state index contributed by atoms with van der Waals surface area (Å²) >= 11 is 0. The second-order valence-corrected chi connectivity index (χ2v) is 14.4. The molecular formula is C22H38FNO5Si. The third kappa shape index (κ3) is 9.45. The standard InChI is InChI=1S/C22H38FNO5Si/c1-21(2,3)29-20(26)24-15-18(25)13-16-9-10-17(23)14-19(16)28-12-8-11-22(4,5)30(6,7)27/h9-10,14,18,25,27H,8,11-13,15H2,1-7H3,(H,24,26)/t18-/m0/s1. The predicted octanol–water partition coefficient (Wildman–Crippen LogP) is 4.39. The van der Waals surface area contributed by atoms with Crippen LogP contribution in [0.4, 0.5) is 9.18 Å². The minimum Gasteiger partial charge on any atom is -0.493 e. The lowest BCUT2D eigenvalue weighted by atomic mass is 10.1. The smallest absolute Gasteiger partial charge is 0.407 e. The Kier molecular flexibility index (Phi) is 9.32. The number of hydrogen-bond donors (Lipinski definition) is 3. The van der Waals surface area contributed by atoms with Crippen molar-refractivity contribution in [3.63, 3.8) is 0 Å². The van der Waals surface area contributed by atoms with Crippen LogP contribution in [0.3, 0.4) is 0 Å². The molecule has 0 radical (unpaired) electrons. The summed E-state index contributed by atoms with van der Waals surface area (Å²) in [6.45, 7) is 13.6. The number of amides is 1. The van der Waals surface area contributed by atoms with E-state index >= 15 is 0 Å². The number of aliphatic hydroxyl groups is 1. The molecule has 0 saturated heterocycles. The summed E-state index contributed by atoms with van der Waals surface area (Å²) in [5.74, 6) is -0.0380. The number of rotatable bonds is 10. The van der Waals surface area contributed by atoms with Crippen molar-refractivity contribution in [3.8, 4) is 5.75 Å². The van der Waals surface area contributed by atoms with Crippen molar-refractivity contribution >= 4 is 14.4 Å². The van der Waals surface area contributed by atoms with Crippen LogP contribution in [0.1, 0.15) is 53.0 Å². The van der Waals surface area contributed by atoms with Crippen LogP contribution >= 0.6 is 0 Å². The van der Waals surface area contributed by atoms with E-state index in [1.54, 1.807) is 26.8 Å². The number of carbonyl (C=O) groups is 1. The van der Waals surface area contributed by atoms with Gasteiger partial charge >= 0.3 is 6.09 Å². The molecule has 1 aromatic rings. The van der Waals surface area contributed by atoms with Gasteiger partial charge in [-0.3, -0.25) is 0 Å². The molecule has 0 heterocycles. The van der Waals surface area contributed by atoms with Crippen LogP contribution in [0.2, 0.25) is 18.1 Å². The van der Waals surface area contributed by atoms with Crippen LogP contribution in [0.5, 0.6) is 5.75 Å². The Morgan fingerprint density at radius 2 is 1.87 bits per heavy atom. The van der Waals surface area contributed by atoms with Crippen LogP contribution in [0.25, 0.3) is 0 Å². The number of benzene rings is 1. The molecule has 0 spiro atoms. The molecule has 0 aliphatic carbocycles. The zero-order chi connectivity index (χ0) is 23.2. The molecule has 0 bridgehead atoms. The SMILES string of the molecule is CC(C)(C)OC(=O)NC[C@@H](O)Cc1ccc(F)cc1OCCCC(C)(C)[Si](C)(C)O.